The van der Waals surface area contributed by atoms with Gasteiger partial charge in [0.15, 0.2) is 6.29 Å². The van der Waals surface area contributed by atoms with Crippen molar-refractivity contribution in [2.75, 3.05) is 5.73 Å². The highest BCUT2D eigenvalue weighted by atomic mass is 16.1. The molecule has 1 aromatic rings. The number of anilines is 1. The fraction of sp³-hybridized carbons (Fsp3) is 0.375. The summed E-state index contributed by atoms with van der Waals surface area (Å²) >= 11 is 0. The van der Waals surface area contributed by atoms with Gasteiger partial charge in [0.25, 0.3) is 0 Å². The Bertz CT molecular complexity index is 208. The van der Waals surface area contributed by atoms with Crippen LogP contribution in [0, 0.1) is 0 Å². The van der Waals surface area contributed by atoms with E-state index in [-0.39, 0.29) is 28.2 Å². The summed E-state index contributed by atoms with van der Waals surface area (Å²) < 4.78 is 0. The smallest absolute Gasteiger partial charge is 0.219 e. The number of aldehydes is 1. The van der Waals surface area contributed by atoms with Gasteiger partial charge in [-0.3, -0.25) is 4.79 Å². The van der Waals surface area contributed by atoms with E-state index in [1.165, 1.54) is 12.4 Å². The molecule has 0 unspecified atom stereocenters. The molecule has 0 spiro atoms. The van der Waals surface area contributed by atoms with Crippen LogP contribution in [-0.2, 0) is 0 Å². The number of carbonyl (C=O) groups is 1. The average Bonchev–Trinajstić information content (AvgIpc) is 1.90. The summed E-state index contributed by atoms with van der Waals surface area (Å²) in [6, 6.07) is 0. The molecule has 0 bridgehead atoms. The van der Waals surface area contributed by atoms with Gasteiger partial charge < -0.3 is 5.73 Å². The molecule has 0 aliphatic heterocycles. The number of nitrogens with zero attached hydrogens (tertiary/aromatic N) is 2. The Labute approximate surface area is 73.8 Å². The van der Waals surface area contributed by atoms with Crippen molar-refractivity contribution >= 4 is 12.2 Å². The van der Waals surface area contributed by atoms with Crippen LogP contribution in [-0.4, -0.2) is 16.3 Å². The van der Waals surface area contributed by atoms with E-state index in [9.17, 15) is 4.79 Å². The summed E-state index contributed by atoms with van der Waals surface area (Å²) in [5, 5.41) is 0. The van der Waals surface area contributed by atoms with E-state index in [4.69, 9.17) is 5.73 Å². The van der Waals surface area contributed by atoms with Gasteiger partial charge in [0, 0.05) is 12.4 Å². The third-order valence-corrected chi connectivity index (χ3v) is 0.828. The number of nitrogen functional groups attached to an aromatic ring is 1. The zero-order valence-electron chi connectivity index (χ0n) is 4.61. The third-order valence-electron chi connectivity index (χ3n) is 0.828. The molecule has 0 atom stereocenters. The lowest BCUT2D eigenvalue weighted by molar-refractivity contribution is 0.112. The minimum absolute atomic E-state index is 0. The molecule has 0 saturated heterocycles. The van der Waals surface area contributed by atoms with Crippen molar-refractivity contribution in [1.82, 2.24) is 9.97 Å². The standard InChI is InChI=1S/C5H5N3O.3CH4/c6-5-7-1-4(3-9)2-8-5;;;/h1-3H,(H2,6,7,8);3*1H4. The number of hydrogen-bond acceptors (Lipinski definition) is 4. The number of carbonyl (C=O) groups excluding carboxylic acids is 1. The molecule has 0 aliphatic rings. The quantitative estimate of drug-likeness (QED) is 0.654. The van der Waals surface area contributed by atoms with Crippen LogP contribution in [0.1, 0.15) is 32.6 Å². The average molecular weight is 171 g/mol. The summed E-state index contributed by atoms with van der Waals surface area (Å²) in [5.74, 6) is 0.181. The van der Waals surface area contributed by atoms with Crippen LogP contribution in [0.4, 0.5) is 5.95 Å². The predicted molar refractivity (Wildman–Crippen MR) is 52.0 cm³/mol. The van der Waals surface area contributed by atoms with Gasteiger partial charge in [0.05, 0.1) is 5.56 Å². The van der Waals surface area contributed by atoms with Crippen LogP contribution in [0.15, 0.2) is 12.4 Å². The van der Waals surface area contributed by atoms with Crippen molar-refractivity contribution < 1.29 is 4.79 Å². The van der Waals surface area contributed by atoms with Crippen LogP contribution in [0.2, 0.25) is 0 Å². The lowest BCUT2D eigenvalue weighted by Crippen LogP contribution is -1.94. The molecule has 12 heavy (non-hydrogen) atoms. The highest BCUT2D eigenvalue weighted by molar-refractivity contribution is 5.73. The maximum absolute atomic E-state index is 10.00. The summed E-state index contributed by atoms with van der Waals surface area (Å²) in [6.45, 7) is 0. The maximum Gasteiger partial charge on any atom is 0.219 e. The number of rotatable bonds is 1. The molecule has 0 aromatic carbocycles. The highest BCUT2D eigenvalue weighted by Crippen LogP contribution is 1.90. The van der Waals surface area contributed by atoms with Crippen molar-refractivity contribution in [3.63, 3.8) is 0 Å². The van der Waals surface area contributed by atoms with Crippen LogP contribution in [0.5, 0.6) is 0 Å². The Hall–Kier alpha value is -1.45. The van der Waals surface area contributed by atoms with E-state index < -0.39 is 0 Å². The molecular formula is C8H17N3O. The highest BCUT2D eigenvalue weighted by Gasteiger charge is 1.88. The maximum atomic E-state index is 10.00. The van der Waals surface area contributed by atoms with E-state index in [0.29, 0.717) is 11.8 Å². The minimum atomic E-state index is 0. The third kappa shape index (κ3) is 4.38. The Morgan fingerprint density at radius 2 is 1.58 bits per heavy atom. The summed E-state index contributed by atoms with van der Waals surface area (Å²) in [4.78, 5) is 17.2. The second-order valence-corrected chi connectivity index (χ2v) is 1.49. The zero-order chi connectivity index (χ0) is 6.69. The molecule has 0 fully saturated rings. The molecule has 1 heterocycles. The van der Waals surface area contributed by atoms with E-state index in [1.54, 1.807) is 0 Å². The van der Waals surface area contributed by atoms with Gasteiger partial charge in [-0.05, 0) is 0 Å². The lowest BCUT2D eigenvalue weighted by Gasteiger charge is -1.87. The van der Waals surface area contributed by atoms with Gasteiger partial charge in [-0.1, -0.05) is 22.3 Å². The molecule has 0 saturated carbocycles. The molecule has 1 rings (SSSR count). The number of hydrogen-bond donors (Lipinski definition) is 1. The Balaban J connectivity index is -0.000000270. The van der Waals surface area contributed by atoms with Crippen molar-refractivity contribution in [2.45, 2.75) is 22.3 Å². The van der Waals surface area contributed by atoms with Crippen LogP contribution in [0.3, 0.4) is 0 Å². The Kier molecular flexibility index (Phi) is 10.8. The van der Waals surface area contributed by atoms with E-state index in [2.05, 4.69) is 9.97 Å². The normalized spacial score (nSPS) is 6.67. The largest absolute Gasteiger partial charge is 0.368 e. The Morgan fingerprint density at radius 1 is 1.17 bits per heavy atom. The van der Waals surface area contributed by atoms with Gasteiger partial charge in [0.2, 0.25) is 5.95 Å². The second kappa shape index (κ2) is 7.65. The molecule has 1 aromatic heterocycles. The van der Waals surface area contributed by atoms with Crippen molar-refractivity contribution in [3.05, 3.63) is 18.0 Å². The van der Waals surface area contributed by atoms with Gasteiger partial charge >= 0.3 is 0 Å². The molecule has 4 heteroatoms. The topological polar surface area (TPSA) is 68.9 Å². The SMILES string of the molecule is C.C.C.Nc1ncc(C=O)cn1. The fourth-order valence-electron chi connectivity index (χ4n) is 0.409. The van der Waals surface area contributed by atoms with E-state index in [1.807, 2.05) is 0 Å². The van der Waals surface area contributed by atoms with Gasteiger partial charge in [-0.15, -0.1) is 0 Å². The monoisotopic (exact) mass is 171 g/mol. The first kappa shape index (κ1) is 16.9. The van der Waals surface area contributed by atoms with Crippen molar-refractivity contribution in [3.8, 4) is 0 Å². The second-order valence-electron chi connectivity index (χ2n) is 1.49. The molecule has 0 amide bonds. The molecule has 70 valence electrons. The first-order chi connectivity index (χ1) is 4.33. The molecule has 0 radical (unpaired) electrons. The first-order valence-electron chi connectivity index (χ1n) is 2.35. The van der Waals surface area contributed by atoms with Crippen LogP contribution >= 0.6 is 0 Å². The van der Waals surface area contributed by atoms with Crippen molar-refractivity contribution in [1.29, 1.82) is 0 Å². The van der Waals surface area contributed by atoms with E-state index in [0.717, 1.165) is 0 Å². The van der Waals surface area contributed by atoms with Gasteiger partial charge in [0.1, 0.15) is 0 Å². The fourth-order valence-corrected chi connectivity index (χ4v) is 0.409. The van der Waals surface area contributed by atoms with Gasteiger partial charge in [-0.25, -0.2) is 9.97 Å². The lowest BCUT2D eigenvalue weighted by atomic mass is 10.4. The molecule has 2 N–H and O–H groups in total. The van der Waals surface area contributed by atoms with Crippen LogP contribution < -0.4 is 5.73 Å². The van der Waals surface area contributed by atoms with E-state index >= 15 is 0 Å². The minimum Gasteiger partial charge on any atom is -0.368 e. The number of nitrogens with two attached hydrogens (primary N) is 1. The van der Waals surface area contributed by atoms with Crippen molar-refractivity contribution in [2.24, 2.45) is 0 Å². The van der Waals surface area contributed by atoms with Crippen LogP contribution in [0.25, 0.3) is 0 Å². The summed E-state index contributed by atoms with van der Waals surface area (Å²) in [6.07, 6.45) is 3.41. The molecule has 0 aliphatic carbocycles. The first-order valence-corrected chi connectivity index (χ1v) is 2.35. The molecule has 4 nitrogen and oxygen atoms in total. The Morgan fingerprint density at radius 3 is 1.92 bits per heavy atom. The molecular weight excluding hydrogens is 154 g/mol. The summed E-state index contributed by atoms with van der Waals surface area (Å²) in [7, 11) is 0. The van der Waals surface area contributed by atoms with Gasteiger partial charge in [-0.2, -0.15) is 0 Å². The predicted octanol–water partition coefficient (Wildman–Crippen LogP) is 1.78. The summed E-state index contributed by atoms with van der Waals surface area (Å²) in [5.41, 5.74) is 5.58. The zero-order valence-corrected chi connectivity index (χ0v) is 4.61. The number of aromatic nitrogens is 2.